The second kappa shape index (κ2) is 6.33. The molecule has 0 aromatic heterocycles. The lowest BCUT2D eigenvalue weighted by atomic mass is 9.95. The van der Waals surface area contributed by atoms with Gasteiger partial charge in [-0.05, 0) is 54.9 Å². The molecule has 1 atom stereocenters. The molecule has 1 nitrogen and oxygen atoms in total. The number of halogens is 3. The van der Waals surface area contributed by atoms with Crippen molar-refractivity contribution in [2.75, 3.05) is 6.54 Å². The van der Waals surface area contributed by atoms with Gasteiger partial charge in [-0.15, -0.1) is 0 Å². The third-order valence-electron chi connectivity index (χ3n) is 3.21. The van der Waals surface area contributed by atoms with Gasteiger partial charge in [-0.3, -0.25) is 0 Å². The molecule has 0 fully saturated rings. The van der Waals surface area contributed by atoms with E-state index in [2.05, 4.69) is 5.32 Å². The Hall–Kier alpha value is -1.45. The van der Waals surface area contributed by atoms with Crippen LogP contribution in [-0.2, 0) is 0 Å². The van der Waals surface area contributed by atoms with Crippen molar-refractivity contribution in [3.8, 4) is 11.1 Å². The fourth-order valence-corrected chi connectivity index (χ4v) is 2.48. The van der Waals surface area contributed by atoms with Crippen molar-refractivity contribution in [3.63, 3.8) is 0 Å². The summed E-state index contributed by atoms with van der Waals surface area (Å²) in [4.78, 5) is 0. The Labute approximate surface area is 122 Å². The molecule has 0 aliphatic carbocycles. The molecule has 2 rings (SSSR count). The van der Waals surface area contributed by atoms with E-state index in [1.54, 1.807) is 6.07 Å². The van der Waals surface area contributed by atoms with Crippen LogP contribution in [0.2, 0.25) is 5.02 Å². The van der Waals surface area contributed by atoms with Gasteiger partial charge in [0.1, 0.15) is 11.6 Å². The highest BCUT2D eigenvalue weighted by atomic mass is 35.5. The SMILES string of the molecule is CCNC(C)c1ccc(F)cc1-c1cc(F)ccc1Cl. The molecule has 0 amide bonds. The number of hydrogen-bond donors (Lipinski definition) is 1. The summed E-state index contributed by atoms with van der Waals surface area (Å²) in [6.45, 7) is 4.76. The second-order valence-electron chi connectivity index (χ2n) is 4.64. The smallest absolute Gasteiger partial charge is 0.123 e. The highest BCUT2D eigenvalue weighted by Crippen LogP contribution is 2.34. The average molecular weight is 296 g/mol. The molecule has 0 radical (unpaired) electrons. The number of benzene rings is 2. The Morgan fingerprint density at radius 2 is 1.65 bits per heavy atom. The van der Waals surface area contributed by atoms with E-state index in [0.29, 0.717) is 16.1 Å². The zero-order chi connectivity index (χ0) is 14.7. The molecule has 0 spiro atoms. The first-order valence-corrected chi connectivity index (χ1v) is 6.89. The predicted molar refractivity (Wildman–Crippen MR) is 78.9 cm³/mol. The Balaban J connectivity index is 2.59. The van der Waals surface area contributed by atoms with E-state index in [4.69, 9.17) is 11.6 Å². The van der Waals surface area contributed by atoms with Gasteiger partial charge in [0.05, 0.1) is 0 Å². The molecule has 0 heterocycles. The normalized spacial score (nSPS) is 12.4. The third kappa shape index (κ3) is 3.17. The molecule has 0 saturated carbocycles. The van der Waals surface area contributed by atoms with Crippen LogP contribution in [0.1, 0.15) is 25.5 Å². The molecule has 2 aromatic rings. The van der Waals surface area contributed by atoms with Gasteiger partial charge in [0.2, 0.25) is 0 Å². The summed E-state index contributed by atoms with van der Waals surface area (Å²) in [6, 6.07) is 8.63. The Morgan fingerprint density at radius 3 is 2.30 bits per heavy atom. The number of rotatable bonds is 4. The Morgan fingerprint density at radius 1 is 1.05 bits per heavy atom. The van der Waals surface area contributed by atoms with Crippen LogP contribution in [-0.4, -0.2) is 6.54 Å². The maximum Gasteiger partial charge on any atom is 0.123 e. The third-order valence-corrected chi connectivity index (χ3v) is 3.54. The molecule has 0 aliphatic rings. The summed E-state index contributed by atoms with van der Waals surface area (Å²) < 4.78 is 27.0. The fourth-order valence-electron chi connectivity index (χ4n) is 2.26. The molecule has 2 aromatic carbocycles. The van der Waals surface area contributed by atoms with Gasteiger partial charge in [0, 0.05) is 16.6 Å². The van der Waals surface area contributed by atoms with Crippen molar-refractivity contribution in [1.29, 1.82) is 0 Å². The van der Waals surface area contributed by atoms with Gasteiger partial charge in [-0.1, -0.05) is 24.6 Å². The van der Waals surface area contributed by atoms with Gasteiger partial charge >= 0.3 is 0 Å². The molecular formula is C16H16ClF2N. The van der Waals surface area contributed by atoms with Crippen LogP contribution in [0.4, 0.5) is 8.78 Å². The first-order valence-electron chi connectivity index (χ1n) is 6.51. The number of nitrogens with one attached hydrogen (secondary N) is 1. The summed E-state index contributed by atoms with van der Waals surface area (Å²) in [5.74, 6) is -0.761. The lowest BCUT2D eigenvalue weighted by molar-refractivity contribution is 0.593. The highest BCUT2D eigenvalue weighted by Gasteiger charge is 2.15. The summed E-state index contributed by atoms with van der Waals surface area (Å²) in [6.07, 6.45) is 0. The van der Waals surface area contributed by atoms with Gasteiger partial charge < -0.3 is 5.32 Å². The molecular weight excluding hydrogens is 280 g/mol. The van der Waals surface area contributed by atoms with Crippen LogP contribution in [0.15, 0.2) is 36.4 Å². The van der Waals surface area contributed by atoms with E-state index in [-0.39, 0.29) is 11.9 Å². The van der Waals surface area contributed by atoms with Gasteiger partial charge in [0.25, 0.3) is 0 Å². The summed E-state index contributed by atoms with van der Waals surface area (Å²) in [5, 5.41) is 3.67. The van der Waals surface area contributed by atoms with Crippen LogP contribution in [0.3, 0.4) is 0 Å². The topological polar surface area (TPSA) is 12.0 Å². The summed E-state index contributed by atoms with van der Waals surface area (Å²) in [7, 11) is 0. The maximum atomic E-state index is 13.6. The average Bonchev–Trinajstić information content (AvgIpc) is 2.41. The molecule has 4 heteroatoms. The lowest BCUT2D eigenvalue weighted by Crippen LogP contribution is -2.18. The zero-order valence-electron chi connectivity index (χ0n) is 11.4. The Kier molecular flexibility index (Phi) is 4.73. The van der Waals surface area contributed by atoms with Crippen molar-refractivity contribution >= 4 is 11.6 Å². The van der Waals surface area contributed by atoms with Crippen LogP contribution in [0.25, 0.3) is 11.1 Å². The van der Waals surface area contributed by atoms with Gasteiger partial charge in [-0.25, -0.2) is 8.78 Å². The van der Waals surface area contributed by atoms with Crippen LogP contribution in [0.5, 0.6) is 0 Å². The minimum absolute atomic E-state index is 0.0231. The van der Waals surface area contributed by atoms with E-state index in [9.17, 15) is 8.78 Å². The standard InChI is InChI=1S/C16H16ClF2N/c1-3-20-10(2)13-6-4-11(18)8-14(13)15-9-12(19)5-7-16(15)17/h4-10,20H,3H2,1-2H3. The molecule has 1 unspecified atom stereocenters. The van der Waals surface area contributed by atoms with E-state index in [1.165, 1.54) is 30.3 Å². The number of hydrogen-bond acceptors (Lipinski definition) is 1. The van der Waals surface area contributed by atoms with Gasteiger partial charge in [0.15, 0.2) is 0 Å². The predicted octanol–water partition coefficient (Wildman–Crippen LogP) is 4.96. The van der Waals surface area contributed by atoms with Gasteiger partial charge in [-0.2, -0.15) is 0 Å². The first-order chi connectivity index (χ1) is 9.52. The lowest BCUT2D eigenvalue weighted by Gasteiger charge is -2.18. The summed E-state index contributed by atoms with van der Waals surface area (Å²) in [5.41, 5.74) is 2.01. The zero-order valence-corrected chi connectivity index (χ0v) is 12.1. The van der Waals surface area contributed by atoms with Crippen LogP contribution >= 0.6 is 11.6 Å². The fraction of sp³-hybridized carbons (Fsp3) is 0.250. The summed E-state index contributed by atoms with van der Waals surface area (Å²) >= 11 is 6.13. The molecule has 0 bridgehead atoms. The molecule has 106 valence electrons. The van der Waals surface area contributed by atoms with E-state index in [1.807, 2.05) is 13.8 Å². The van der Waals surface area contributed by atoms with Crippen LogP contribution in [0, 0.1) is 11.6 Å². The van der Waals surface area contributed by atoms with E-state index < -0.39 is 5.82 Å². The second-order valence-corrected chi connectivity index (χ2v) is 5.04. The Bertz CT molecular complexity index is 613. The molecule has 0 saturated heterocycles. The molecule has 20 heavy (non-hydrogen) atoms. The van der Waals surface area contributed by atoms with Crippen molar-refractivity contribution in [2.24, 2.45) is 0 Å². The minimum atomic E-state index is -0.393. The first kappa shape index (κ1) is 14.9. The highest BCUT2D eigenvalue weighted by molar-refractivity contribution is 6.33. The molecule has 1 N–H and O–H groups in total. The van der Waals surface area contributed by atoms with Crippen molar-refractivity contribution in [3.05, 3.63) is 58.6 Å². The van der Waals surface area contributed by atoms with Crippen LogP contribution < -0.4 is 5.32 Å². The van der Waals surface area contributed by atoms with E-state index >= 15 is 0 Å². The maximum absolute atomic E-state index is 13.6. The van der Waals surface area contributed by atoms with Crippen molar-refractivity contribution in [2.45, 2.75) is 19.9 Å². The quantitative estimate of drug-likeness (QED) is 0.841. The molecule has 0 aliphatic heterocycles. The van der Waals surface area contributed by atoms with E-state index in [0.717, 1.165) is 12.1 Å². The largest absolute Gasteiger partial charge is 0.310 e. The minimum Gasteiger partial charge on any atom is -0.310 e. The van der Waals surface area contributed by atoms with Crippen molar-refractivity contribution < 1.29 is 8.78 Å². The van der Waals surface area contributed by atoms with Crippen molar-refractivity contribution in [1.82, 2.24) is 5.32 Å². The monoisotopic (exact) mass is 295 g/mol.